The summed E-state index contributed by atoms with van der Waals surface area (Å²) in [7, 11) is 6.13. The smallest absolute Gasteiger partial charge is 0.355 e. The Kier molecular flexibility index (Phi) is 5.81. The van der Waals surface area contributed by atoms with Gasteiger partial charge in [-0.15, -0.1) is 0 Å². The van der Waals surface area contributed by atoms with E-state index in [0.717, 1.165) is 28.4 Å². The van der Waals surface area contributed by atoms with E-state index in [-0.39, 0.29) is 17.7 Å². The number of carbonyl (C=O) groups is 4. The van der Waals surface area contributed by atoms with Crippen LogP contribution in [0.25, 0.3) is 0 Å². The minimum atomic E-state index is -1.31. The SMILES string of the molecule is CCC12C(C(=O)OC)=C(C(=O)OC)C(C(=O)OC)=C(C(=O)OC)N1C=CN2C. The normalized spacial score (nSPS) is 20.8. The summed E-state index contributed by atoms with van der Waals surface area (Å²) in [4.78, 5) is 53.8. The molecule has 0 bridgehead atoms. The average Bonchev–Trinajstić information content (AvgIpc) is 3.06. The molecule has 10 nitrogen and oxygen atoms in total. The summed E-state index contributed by atoms with van der Waals surface area (Å²) in [5.41, 5.74) is -2.55. The predicted octanol–water partition coefficient (Wildman–Crippen LogP) is 0.0676. The van der Waals surface area contributed by atoms with E-state index in [1.54, 1.807) is 25.1 Å². The Hall–Kier alpha value is -3.30. The number of esters is 4. The topological polar surface area (TPSA) is 112 Å². The predicted molar refractivity (Wildman–Crippen MR) is 93.9 cm³/mol. The first-order valence-electron chi connectivity index (χ1n) is 8.29. The number of nitrogens with zero attached hydrogens (tertiary/aromatic N) is 2. The van der Waals surface area contributed by atoms with Crippen LogP contribution < -0.4 is 0 Å². The second kappa shape index (κ2) is 7.75. The highest BCUT2D eigenvalue weighted by Crippen LogP contribution is 2.47. The van der Waals surface area contributed by atoms with E-state index in [4.69, 9.17) is 18.9 Å². The number of rotatable bonds is 5. The Morgan fingerprint density at radius 3 is 1.79 bits per heavy atom. The largest absolute Gasteiger partial charge is 0.466 e. The number of ether oxygens (including phenoxy) is 4. The first-order valence-corrected chi connectivity index (χ1v) is 8.29. The molecule has 1 unspecified atom stereocenters. The van der Waals surface area contributed by atoms with Crippen LogP contribution in [0.15, 0.2) is 34.8 Å². The molecule has 0 N–H and O–H groups in total. The Labute approximate surface area is 161 Å². The maximum Gasteiger partial charge on any atom is 0.355 e. The lowest BCUT2D eigenvalue weighted by Crippen LogP contribution is -2.58. The molecule has 152 valence electrons. The van der Waals surface area contributed by atoms with Crippen molar-refractivity contribution in [2.75, 3.05) is 35.5 Å². The average molecular weight is 394 g/mol. The quantitative estimate of drug-likeness (QED) is 0.469. The van der Waals surface area contributed by atoms with Crippen LogP contribution in [0.5, 0.6) is 0 Å². The molecule has 1 atom stereocenters. The molecule has 0 aromatic carbocycles. The molecule has 0 aromatic rings. The third-order valence-corrected chi connectivity index (χ3v) is 4.84. The van der Waals surface area contributed by atoms with E-state index in [1.807, 2.05) is 0 Å². The van der Waals surface area contributed by atoms with Crippen molar-refractivity contribution in [1.29, 1.82) is 0 Å². The third kappa shape index (κ3) is 2.72. The monoisotopic (exact) mass is 394 g/mol. The number of fused-ring (bicyclic) bond motifs is 1. The summed E-state index contributed by atoms with van der Waals surface area (Å²) in [5.74, 6) is -3.73. The van der Waals surface area contributed by atoms with Crippen molar-refractivity contribution in [3.63, 3.8) is 0 Å². The van der Waals surface area contributed by atoms with Gasteiger partial charge in [-0.2, -0.15) is 0 Å². The fourth-order valence-electron chi connectivity index (χ4n) is 3.57. The van der Waals surface area contributed by atoms with Gasteiger partial charge in [0.05, 0.1) is 39.6 Å². The molecule has 0 saturated carbocycles. The van der Waals surface area contributed by atoms with E-state index in [1.165, 1.54) is 11.1 Å². The first-order chi connectivity index (χ1) is 13.3. The molecule has 0 saturated heterocycles. The summed E-state index contributed by atoms with van der Waals surface area (Å²) in [6, 6.07) is 0. The van der Waals surface area contributed by atoms with E-state index >= 15 is 0 Å². The van der Waals surface area contributed by atoms with Crippen molar-refractivity contribution in [2.45, 2.75) is 19.0 Å². The van der Waals surface area contributed by atoms with Crippen LogP contribution in [0.1, 0.15) is 13.3 Å². The van der Waals surface area contributed by atoms with Crippen LogP contribution in [-0.4, -0.2) is 74.8 Å². The highest BCUT2D eigenvalue weighted by Gasteiger charge is 2.57. The van der Waals surface area contributed by atoms with Crippen LogP contribution in [0.3, 0.4) is 0 Å². The fourth-order valence-corrected chi connectivity index (χ4v) is 3.57. The van der Waals surface area contributed by atoms with Gasteiger partial charge in [0, 0.05) is 19.4 Å². The van der Waals surface area contributed by atoms with Gasteiger partial charge in [-0.3, -0.25) is 0 Å². The van der Waals surface area contributed by atoms with E-state index in [9.17, 15) is 19.2 Å². The van der Waals surface area contributed by atoms with Crippen molar-refractivity contribution in [3.8, 4) is 0 Å². The fraction of sp³-hybridized carbons (Fsp3) is 0.444. The molecule has 10 heteroatoms. The highest BCUT2D eigenvalue weighted by atomic mass is 16.5. The standard InChI is InChI=1S/C18H22N2O8/c1-7-18-12(16(23)27-5)10(14(21)25-3)11(15(22)26-4)13(17(24)28-6)20(18)9-8-19(18)2/h8-9H,7H2,1-6H3. The summed E-state index contributed by atoms with van der Waals surface area (Å²) in [6.07, 6.45) is 3.36. The lowest BCUT2D eigenvalue weighted by Gasteiger charge is -2.47. The minimum absolute atomic E-state index is 0.148. The number of hydrogen-bond donors (Lipinski definition) is 0. The molecule has 2 aliphatic rings. The maximum atomic E-state index is 12.8. The zero-order valence-electron chi connectivity index (χ0n) is 16.5. The molecular weight excluding hydrogens is 372 g/mol. The highest BCUT2D eigenvalue weighted by molar-refractivity contribution is 6.17. The molecule has 0 spiro atoms. The van der Waals surface area contributed by atoms with Gasteiger partial charge in [-0.25, -0.2) is 19.2 Å². The third-order valence-electron chi connectivity index (χ3n) is 4.84. The Morgan fingerprint density at radius 1 is 0.821 bits per heavy atom. The number of likely N-dealkylation sites (N-methyl/N-ethyl adjacent to an activating group) is 1. The Morgan fingerprint density at radius 2 is 1.32 bits per heavy atom. The zero-order valence-corrected chi connectivity index (χ0v) is 16.5. The van der Waals surface area contributed by atoms with Gasteiger partial charge in [0.25, 0.3) is 0 Å². The molecule has 0 radical (unpaired) electrons. The van der Waals surface area contributed by atoms with Crippen molar-refractivity contribution in [2.24, 2.45) is 0 Å². The molecule has 0 fully saturated rings. The lowest BCUT2D eigenvalue weighted by molar-refractivity contribution is -0.145. The van der Waals surface area contributed by atoms with E-state index in [0.29, 0.717) is 0 Å². The Balaban J connectivity index is 3.09. The van der Waals surface area contributed by atoms with Crippen LogP contribution in [0.2, 0.25) is 0 Å². The Bertz CT molecular complexity index is 825. The number of methoxy groups -OCH3 is 4. The zero-order chi connectivity index (χ0) is 21.2. The molecule has 0 aliphatic carbocycles. The summed E-state index contributed by atoms with van der Waals surface area (Å²) in [6.45, 7) is 1.76. The van der Waals surface area contributed by atoms with Gasteiger partial charge in [-0.05, 0) is 6.42 Å². The van der Waals surface area contributed by atoms with Crippen molar-refractivity contribution in [3.05, 3.63) is 34.8 Å². The van der Waals surface area contributed by atoms with Gasteiger partial charge in [-0.1, -0.05) is 6.92 Å². The van der Waals surface area contributed by atoms with Gasteiger partial charge in [0.2, 0.25) is 0 Å². The summed E-state index contributed by atoms with van der Waals surface area (Å²) < 4.78 is 19.3. The molecule has 2 heterocycles. The second-order valence-electron chi connectivity index (χ2n) is 5.89. The lowest BCUT2D eigenvalue weighted by atomic mass is 9.81. The number of carbonyl (C=O) groups excluding carboxylic acids is 4. The molecule has 2 rings (SSSR count). The molecule has 0 aromatic heterocycles. The van der Waals surface area contributed by atoms with Gasteiger partial charge in [0.1, 0.15) is 11.3 Å². The minimum Gasteiger partial charge on any atom is -0.466 e. The van der Waals surface area contributed by atoms with Crippen molar-refractivity contribution in [1.82, 2.24) is 9.80 Å². The van der Waals surface area contributed by atoms with Gasteiger partial charge < -0.3 is 28.7 Å². The second-order valence-corrected chi connectivity index (χ2v) is 5.89. The number of hydrogen-bond acceptors (Lipinski definition) is 10. The molecular formula is C18H22N2O8. The summed E-state index contributed by atoms with van der Waals surface area (Å²) >= 11 is 0. The van der Waals surface area contributed by atoms with E-state index < -0.39 is 40.7 Å². The van der Waals surface area contributed by atoms with Crippen molar-refractivity contribution < 1.29 is 38.1 Å². The van der Waals surface area contributed by atoms with Crippen LogP contribution in [0, 0.1) is 0 Å². The van der Waals surface area contributed by atoms with Crippen LogP contribution in [0.4, 0.5) is 0 Å². The summed E-state index contributed by atoms with van der Waals surface area (Å²) in [5, 5.41) is 0. The maximum absolute atomic E-state index is 12.8. The van der Waals surface area contributed by atoms with Gasteiger partial charge >= 0.3 is 23.9 Å². The van der Waals surface area contributed by atoms with Crippen LogP contribution >= 0.6 is 0 Å². The molecule has 2 aliphatic heterocycles. The van der Waals surface area contributed by atoms with Crippen LogP contribution in [-0.2, 0) is 38.1 Å². The first kappa shape index (κ1) is 21.0. The van der Waals surface area contributed by atoms with Gasteiger partial charge in [0.15, 0.2) is 5.66 Å². The molecule has 28 heavy (non-hydrogen) atoms. The molecule has 0 amide bonds. The van der Waals surface area contributed by atoms with E-state index in [2.05, 4.69) is 0 Å². The van der Waals surface area contributed by atoms with Crippen molar-refractivity contribution >= 4 is 23.9 Å².